The van der Waals surface area contributed by atoms with Crippen LogP contribution in [0.25, 0.3) is 0 Å². The summed E-state index contributed by atoms with van der Waals surface area (Å²) in [5.41, 5.74) is -0.0812. The van der Waals surface area contributed by atoms with Crippen molar-refractivity contribution in [3.63, 3.8) is 0 Å². The van der Waals surface area contributed by atoms with Crippen LogP contribution < -0.4 is 5.32 Å². The Hall–Kier alpha value is -1.49. The number of halogens is 1. The summed E-state index contributed by atoms with van der Waals surface area (Å²) in [6, 6.07) is 2.67. The Balaban J connectivity index is 2.65. The van der Waals surface area contributed by atoms with Crippen LogP contribution in [0.1, 0.15) is 23.7 Å². The van der Waals surface area contributed by atoms with E-state index in [4.69, 9.17) is 5.11 Å². The molecule has 1 unspecified atom stereocenters. The van der Waals surface area contributed by atoms with Gasteiger partial charge in [-0.15, -0.1) is 0 Å². The Morgan fingerprint density at radius 2 is 2.47 bits per heavy atom. The Bertz CT molecular complexity index is 344. The topological polar surface area (TPSA) is 62.2 Å². The van der Waals surface area contributed by atoms with Gasteiger partial charge >= 0.3 is 0 Å². The van der Waals surface area contributed by atoms with E-state index in [9.17, 15) is 9.18 Å². The molecule has 0 aromatic carbocycles. The molecule has 0 spiro atoms. The quantitative estimate of drug-likeness (QED) is 0.723. The van der Waals surface area contributed by atoms with Crippen molar-refractivity contribution >= 4 is 5.91 Å². The van der Waals surface area contributed by atoms with Crippen molar-refractivity contribution in [2.75, 3.05) is 6.61 Å². The molecular weight excluding hydrogens is 199 g/mol. The molecule has 2 N–H and O–H groups in total. The highest BCUT2D eigenvalue weighted by Gasteiger charge is 2.13. The van der Waals surface area contributed by atoms with Crippen LogP contribution in [-0.2, 0) is 0 Å². The summed E-state index contributed by atoms with van der Waals surface area (Å²) in [7, 11) is 0. The van der Waals surface area contributed by atoms with E-state index in [2.05, 4.69) is 10.3 Å². The third-order valence-electron chi connectivity index (χ3n) is 1.94. The Morgan fingerprint density at radius 3 is 3.07 bits per heavy atom. The molecule has 1 heterocycles. The smallest absolute Gasteiger partial charge is 0.256 e. The molecule has 5 heteroatoms. The Morgan fingerprint density at radius 1 is 1.73 bits per heavy atom. The molecule has 0 bridgehead atoms. The predicted molar refractivity (Wildman–Crippen MR) is 52.8 cm³/mol. The highest BCUT2D eigenvalue weighted by atomic mass is 19.1. The summed E-state index contributed by atoms with van der Waals surface area (Å²) in [6.07, 6.45) is 1.72. The lowest BCUT2D eigenvalue weighted by Crippen LogP contribution is -2.33. The first-order valence-corrected chi connectivity index (χ1v) is 4.67. The van der Waals surface area contributed by atoms with E-state index in [-0.39, 0.29) is 18.2 Å². The summed E-state index contributed by atoms with van der Waals surface area (Å²) in [4.78, 5) is 14.9. The maximum Gasteiger partial charge on any atom is 0.256 e. The molecular formula is C10H13FN2O2. The van der Waals surface area contributed by atoms with Gasteiger partial charge in [-0.25, -0.2) is 4.98 Å². The second kappa shape index (κ2) is 5.41. The average Bonchev–Trinajstić information content (AvgIpc) is 2.18. The molecule has 0 aliphatic heterocycles. The van der Waals surface area contributed by atoms with Crippen molar-refractivity contribution in [2.45, 2.75) is 19.4 Å². The van der Waals surface area contributed by atoms with E-state index in [1.54, 1.807) is 6.92 Å². The molecule has 0 saturated carbocycles. The molecule has 4 nitrogen and oxygen atoms in total. The van der Waals surface area contributed by atoms with Crippen LogP contribution in [0.4, 0.5) is 4.39 Å². The second-order valence-corrected chi connectivity index (χ2v) is 3.23. The molecule has 82 valence electrons. The van der Waals surface area contributed by atoms with E-state index in [0.29, 0.717) is 6.42 Å². The van der Waals surface area contributed by atoms with Gasteiger partial charge in [-0.2, -0.15) is 4.39 Å². The van der Waals surface area contributed by atoms with E-state index in [0.717, 1.165) is 0 Å². The minimum absolute atomic E-state index is 0.0169. The summed E-state index contributed by atoms with van der Waals surface area (Å²) in [5.74, 6) is -1.30. The van der Waals surface area contributed by atoms with Gasteiger partial charge in [0.05, 0.1) is 5.56 Å². The summed E-state index contributed by atoms with van der Waals surface area (Å²) in [6.45, 7) is 1.72. The normalized spacial score (nSPS) is 12.2. The first-order valence-electron chi connectivity index (χ1n) is 4.67. The van der Waals surface area contributed by atoms with Crippen LogP contribution in [-0.4, -0.2) is 28.6 Å². The van der Waals surface area contributed by atoms with Gasteiger partial charge in [0.1, 0.15) is 0 Å². The molecule has 1 aromatic rings. The number of aromatic nitrogens is 1. The van der Waals surface area contributed by atoms with Crippen molar-refractivity contribution in [1.29, 1.82) is 0 Å². The second-order valence-electron chi connectivity index (χ2n) is 3.23. The van der Waals surface area contributed by atoms with Crippen LogP contribution in [0.15, 0.2) is 18.3 Å². The number of hydrogen-bond donors (Lipinski definition) is 2. The van der Waals surface area contributed by atoms with Crippen molar-refractivity contribution < 1.29 is 14.3 Å². The van der Waals surface area contributed by atoms with Crippen LogP contribution >= 0.6 is 0 Å². The number of aliphatic hydroxyl groups excluding tert-OH is 1. The number of nitrogens with one attached hydrogen (secondary N) is 1. The molecule has 0 aliphatic carbocycles. The van der Waals surface area contributed by atoms with Crippen LogP contribution in [0.5, 0.6) is 0 Å². The molecule has 1 amide bonds. The zero-order valence-electron chi connectivity index (χ0n) is 8.40. The van der Waals surface area contributed by atoms with Crippen LogP contribution in [0.3, 0.4) is 0 Å². The number of amides is 1. The highest BCUT2D eigenvalue weighted by molar-refractivity contribution is 5.94. The van der Waals surface area contributed by atoms with E-state index < -0.39 is 11.9 Å². The van der Waals surface area contributed by atoms with E-state index in [1.165, 1.54) is 18.3 Å². The summed E-state index contributed by atoms with van der Waals surface area (Å²) < 4.78 is 13.1. The summed E-state index contributed by atoms with van der Waals surface area (Å²) in [5, 5.41) is 11.2. The van der Waals surface area contributed by atoms with Crippen molar-refractivity contribution in [2.24, 2.45) is 0 Å². The van der Waals surface area contributed by atoms with Crippen molar-refractivity contribution in [3.8, 4) is 0 Å². The fraction of sp³-hybridized carbons (Fsp3) is 0.400. The predicted octanol–water partition coefficient (Wildman–Crippen LogP) is 0.721. The fourth-order valence-electron chi connectivity index (χ4n) is 1.12. The molecule has 0 fully saturated rings. The van der Waals surface area contributed by atoms with E-state index in [1.807, 2.05) is 0 Å². The highest BCUT2D eigenvalue weighted by Crippen LogP contribution is 2.03. The minimum Gasteiger partial charge on any atom is -0.396 e. The van der Waals surface area contributed by atoms with Gasteiger partial charge in [0, 0.05) is 18.8 Å². The lowest BCUT2D eigenvalue weighted by atomic mass is 10.2. The van der Waals surface area contributed by atoms with Crippen LogP contribution in [0.2, 0.25) is 0 Å². The zero-order chi connectivity index (χ0) is 11.3. The Labute approximate surface area is 87.1 Å². The Kier molecular flexibility index (Phi) is 4.17. The zero-order valence-corrected chi connectivity index (χ0v) is 8.40. The third kappa shape index (κ3) is 3.28. The fourth-order valence-corrected chi connectivity index (χ4v) is 1.12. The first-order chi connectivity index (χ1) is 7.15. The summed E-state index contributed by atoms with van der Waals surface area (Å²) >= 11 is 0. The third-order valence-corrected chi connectivity index (χ3v) is 1.94. The maximum atomic E-state index is 13.1. The number of aliphatic hydroxyl groups is 1. The lowest BCUT2D eigenvalue weighted by molar-refractivity contribution is 0.0929. The molecule has 0 radical (unpaired) electrons. The molecule has 0 saturated heterocycles. The minimum atomic E-state index is -0.786. The largest absolute Gasteiger partial charge is 0.396 e. The lowest BCUT2D eigenvalue weighted by Gasteiger charge is -2.12. The number of hydrogen-bond acceptors (Lipinski definition) is 3. The van der Waals surface area contributed by atoms with Crippen molar-refractivity contribution in [3.05, 3.63) is 29.8 Å². The first kappa shape index (κ1) is 11.6. The van der Waals surface area contributed by atoms with Gasteiger partial charge in [-0.1, -0.05) is 0 Å². The standard InChI is InChI=1S/C10H13FN2O2/c1-7(4-6-14)13-10(15)8-3-2-5-12-9(8)11/h2-3,5,7,14H,4,6H2,1H3,(H,13,15). The number of carbonyl (C=O) groups excluding carboxylic acids is 1. The van der Waals surface area contributed by atoms with Gasteiger partial charge in [0.15, 0.2) is 0 Å². The monoisotopic (exact) mass is 212 g/mol. The molecule has 15 heavy (non-hydrogen) atoms. The van der Waals surface area contributed by atoms with Gasteiger partial charge in [-0.3, -0.25) is 4.79 Å². The van der Waals surface area contributed by atoms with Gasteiger partial charge in [0.2, 0.25) is 5.95 Å². The number of pyridine rings is 1. The molecule has 1 rings (SSSR count). The van der Waals surface area contributed by atoms with Gasteiger partial charge < -0.3 is 10.4 Å². The van der Waals surface area contributed by atoms with Crippen molar-refractivity contribution in [1.82, 2.24) is 10.3 Å². The van der Waals surface area contributed by atoms with E-state index >= 15 is 0 Å². The van der Waals surface area contributed by atoms with Gasteiger partial charge in [-0.05, 0) is 25.5 Å². The maximum absolute atomic E-state index is 13.1. The molecule has 1 atom stereocenters. The van der Waals surface area contributed by atoms with Gasteiger partial charge in [0.25, 0.3) is 5.91 Å². The molecule has 1 aromatic heterocycles. The number of carbonyl (C=O) groups is 1. The van der Waals surface area contributed by atoms with Crippen LogP contribution in [0, 0.1) is 5.95 Å². The average molecular weight is 212 g/mol. The number of nitrogens with zero attached hydrogens (tertiary/aromatic N) is 1. The SMILES string of the molecule is CC(CCO)NC(=O)c1cccnc1F. The number of rotatable bonds is 4. The molecule has 0 aliphatic rings.